The van der Waals surface area contributed by atoms with Gasteiger partial charge < -0.3 is 9.30 Å². The van der Waals surface area contributed by atoms with E-state index in [4.69, 9.17) is 4.74 Å². The van der Waals surface area contributed by atoms with E-state index in [1.54, 1.807) is 50.7 Å². The molecule has 2 aromatic carbocycles. The molecule has 0 bridgehead atoms. The van der Waals surface area contributed by atoms with E-state index in [0.29, 0.717) is 16.5 Å². The first kappa shape index (κ1) is 20.7. The first-order valence-electron chi connectivity index (χ1n) is 9.60. The molecule has 4 rings (SSSR count). The lowest BCUT2D eigenvalue weighted by atomic mass is 9.98. The molecule has 2 heterocycles. The lowest BCUT2D eigenvalue weighted by molar-refractivity contribution is 0.415. The van der Waals surface area contributed by atoms with Crippen LogP contribution in [0.25, 0.3) is 16.5 Å². The molecular formula is C24H22N2O4S. The van der Waals surface area contributed by atoms with E-state index >= 15 is 0 Å². The molecule has 0 saturated carbocycles. The number of aryl methyl sites for hydroxylation is 2. The van der Waals surface area contributed by atoms with Crippen molar-refractivity contribution in [1.82, 2.24) is 8.54 Å². The van der Waals surface area contributed by atoms with Crippen LogP contribution in [-0.2, 0) is 17.1 Å². The highest BCUT2D eigenvalue weighted by atomic mass is 32.2. The van der Waals surface area contributed by atoms with E-state index < -0.39 is 15.6 Å². The standard InChI is InChI=1S/C24H22N2O4S/c1-16-5-11-20(12-6-16)31(28,29)26-14-13-21-22(15-25(3)24(27)23(21)26)17(2)18-7-9-19(30-4)10-8-18/h5-15H,2H2,1,3-4H3. The number of aromatic nitrogens is 2. The fourth-order valence-corrected chi connectivity index (χ4v) is 4.89. The fourth-order valence-electron chi connectivity index (χ4n) is 3.54. The van der Waals surface area contributed by atoms with Gasteiger partial charge in [0.05, 0.1) is 12.0 Å². The van der Waals surface area contributed by atoms with Gasteiger partial charge in [-0.3, -0.25) is 4.79 Å². The zero-order valence-corrected chi connectivity index (χ0v) is 18.3. The van der Waals surface area contributed by atoms with Gasteiger partial charge in [-0.1, -0.05) is 36.4 Å². The van der Waals surface area contributed by atoms with E-state index in [2.05, 4.69) is 6.58 Å². The molecule has 0 saturated heterocycles. The summed E-state index contributed by atoms with van der Waals surface area (Å²) in [6.07, 6.45) is 3.10. The van der Waals surface area contributed by atoms with Gasteiger partial charge in [0.15, 0.2) is 0 Å². The molecule has 4 aromatic rings. The second kappa shape index (κ2) is 7.59. The van der Waals surface area contributed by atoms with Crippen molar-refractivity contribution in [2.75, 3.05) is 7.11 Å². The molecule has 0 aliphatic heterocycles. The monoisotopic (exact) mass is 434 g/mol. The summed E-state index contributed by atoms with van der Waals surface area (Å²) in [4.78, 5) is 13.1. The highest BCUT2D eigenvalue weighted by Crippen LogP contribution is 2.30. The molecule has 0 fully saturated rings. The number of hydrogen-bond acceptors (Lipinski definition) is 4. The third-order valence-electron chi connectivity index (χ3n) is 5.33. The van der Waals surface area contributed by atoms with Gasteiger partial charge in [-0.2, -0.15) is 0 Å². The van der Waals surface area contributed by atoms with E-state index in [9.17, 15) is 13.2 Å². The van der Waals surface area contributed by atoms with Crippen LogP contribution in [0.2, 0.25) is 0 Å². The van der Waals surface area contributed by atoms with Crippen LogP contribution in [0.3, 0.4) is 0 Å². The maximum atomic E-state index is 13.3. The minimum Gasteiger partial charge on any atom is -0.497 e. The summed E-state index contributed by atoms with van der Waals surface area (Å²) >= 11 is 0. The number of methoxy groups -OCH3 is 1. The molecule has 0 aliphatic carbocycles. The summed E-state index contributed by atoms with van der Waals surface area (Å²) in [6, 6.07) is 15.6. The average molecular weight is 435 g/mol. The number of benzene rings is 2. The second-order valence-corrected chi connectivity index (χ2v) is 9.17. The van der Waals surface area contributed by atoms with Crippen LogP contribution in [0.1, 0.15) is 16.7 Å². The van der Waals surface area contributed by atoms with Gasteiger partial charge in [-0.25, -0.2) is 12.4 Å². The largest absolute Gasteiger partial charge is 0.497 e. The lowest BCUT2D eigenvalue weighted by Crippen LogP contribution is -2.22. The molecule has 0 aliphatic rings. The van der Waals surface area contributed by atoms with Crippen molar-refractivity contribution >= 4 is 26.5 Å². The number of nitrogens with zero attached hydrogens (tertiary/aromatic N) is 2. The molecule has 31 heavy (non-hydrogen) atoms. The van der Waals surface area contributed by atoms with Crippen molar-refractivity contribution in [3.63, 3.8) is 0 Å². The Morgan fingerprint density at radius 2 is 1.65 bits per heavy atom. The maximum Gasteiger partial charge on any atom is 0.275 e. The number of hydrogen-bond donors (Lipinski definition) is 0. The van der Waals surface area contributed by atoms with Crippen LogP contribution in [0, 0.1) is 6.92 Å². The summed E-state index contributed by atoms with van der Waals surface area (Å²) in [5, 5.41) is 0.527. The number of fused-ring (bicyclic) bond motifs is 1. The summed E-state index contributed by atoms with van der Waals surface area (Å²) in [6.45, 7) is 6.08. The number of rotatable bonds is 5. The summed E-state index contributed by atoms with van der Waals surface area (Å²) in [5.41, 5.74) is 2.84. The van der Waals surface area contributed by atoms with Crippen molar-refractivity contribution in [3.05, 3.63) is 101 Å². The molecule has 0 unspecified atom stereocenters. The lowest BCUT2D eigenvalue weighted by Gasteiger charge is -2.13. The highest BCUT2D eigenvalue weighted by molar-refractivity contribution is 7.90. The van der Waals surface area contributed by atoms with E-state index in [-0.39, 0.29) is 10.4 Å². The minimum atomic E-state index is -3.94. The topological polar surface area (TPSA) is 70.3 Å². The highest BCUT2D eigenvalue weighted by Gasteiger charge is 2.23. The summed E-state index contributed by atoms with van der Waals surface area (Å²) in [7, 11) is -0.743. The van der Waals surface area contributed by atoms with Gasteiger partial charge in [-0.15, -0.1) is 0 Å². The SMILES string of the molecule is C=C(c1ccc(OC)cc1)c1cn(C)c(=O)c2c1ccn2S(=O)(=O)c1ccc(C)cc1. The normalized spacial score (nSPS) is 11.6. The van der Waals surface area contributed by atoms with Gasteiger partial charge in [0, 0.05) is 30.4 Å². The summed E-state index contributed by atoms with van der Waals surface area (Å²) < 4.78 is 34.2. The van der Waals surface area contributed by atoms with Crippen molar-refractivity contribution < 1.29 is 13.2 Å². The first-order valence-corrected chi connectivity index (χ1v) is 11.0. The molecule has 158 valence electrons. The Balaban J connectivity index is 1.92. The van der Waals surface area contributed by atoms with Crippen LogP contribution >= 0.6 is 0 Å². The van der Waals surface area contributed by atoms with Crippen LogP contribution in [-0.4, -0.2) is 24.1 Å². The molecule has 0 spiro atoms. The third-order valence-corrected chi connectivity index (χ3v) is 7.02. The first-order chi connectivity index (χ1) is 14.7. The predicted molar refractivity (Wildman–Crippen MR) is 122 cm³/mol. The maximum absolute atomic E-state index is 13.3. The summed E-state index contributed by atoms with van der Waals surface area (Å²) in [5.74, 6) is 0.720. The van der Waals surface area contributed by atoms with E-state index in [1.165, 1.54) is 10.8 Å². The zero-order valence-electron chi connectivity index (χ0n) is 17.5. The van der Waals surface area contributed by atoms with Gasteiger partial charge in [0.1, 0.15) is 11.3 Å². The predicted octanol–water partition coefficient (Wildman–Crippen LogP) is 3.96. The molecular weight excluding hydrogens is 412 g/mol. The molecule has 0 atom stereocenters. The van der Waals surface area contributed by atoms with E-state index in [0.717, 1.165) is 20.8 Å². The van der Waals surface area contributed by atoms with Crippen molar-refractivity contribution in [1.29, 1.82) is 0 Å². The Morgan fingerprint density at radius 1 is 1.00 bits per heavy atom. The molecule has 7 heteroatoms. The van der Waals surface area contributed by atoms with Gasteiger partial charge in [0.25, 0.3) is 15.6 Å². The number of pyridine rings is 1. The average Bonchev–Trinajstić information content (AvgIpc) is 3.22. The van der Waals surface area contributed by atoms with Crippen LogP contribution in [0.4, 0.5) is 0 Å². The Bertz CT molecular complexity index is 1460. The Hall–Kier alpha value is -3.58. The molecule has 6 nitrogen and oxygen atoms in total. The van der Waals surface area contributed by atoms with Crippen molar-refractivity contribution in [2.24, 2.45) is 7.05 Å². The minimum absolute atomic E-state index is 0.0928. The van der Waals surface area contributed by atoms with Crippen LogP contribution < -0.4 is 10.3 Å². The zero-order chi connectivity index (χ0) is 22.3. The molecule has 0 amide bonds. The van der Waals surface area contributed by atoms with E-state index in [1.807, 2.05) is 31.2 Å². The second-order valence-electron chi connectivity index (χ2n) is 7.36. The van der Waals surface area contributed by atoms with Gasteiger partial charge in [-0.05, 0) is 48.4 Å². The fraction of sp³-hybridized carbons (Fsp3) is 0.125. The van der Waals surface area contributed by atoms with Crippen LogP contribution in [0.5, 0.6) is 5.75 Å². The van der Waals surface area contributed by atoms with Crippen LogP contribution in [0.15, 0.2) is 83.3 Å². The van der Waals surface area contributed by atoms with Gasteiger partial charge >= 0.3 is 0 Å². The third kappa shape index (κ3) is 3.47. The van der Waals surface area contributed by atoms with Gasteiger partial charge in [0.2, 0.25) is 0 Å². The molecule has 0 N–H and O–H groups in total. The van der Waals surface area contributed by atoms with Crippen molar-refractivity contribution in [2.45, 2.75) is 11.8 Å². The molecule has 0 radical (unpaired) electrons. The smallest absolute Gasteiger partial charge is 0.275 e. The number of ether oxygens (including phenoxy) is 1. The van der Waals surface area contributed by atoms with Crippen molar-refractivity contribution in [3.8, 4) is 5.75 Å². The Kier molecular flexibility index (Phi) is 5.07. The quantitative estimate of drug-likeness (QED) is 0.477. The Labute approximate surface area is 180 Å². The Morgan fingerprint density at radius 3 is 2.26 bits per heavy atom. The molecule has 2 aromatic heterocycles.